The maximum atomic E-state index is 4.63. The molecule has 2 aromatic rings. The van der Waals surface area contributed by atoms with E-state index >= 15 is 0 Å². The van der Waals surface area contributed by atoms with Crippen LogP contribution in [-0.4, -0.2) is 16.3 Å². The van der Waals surface area contributed by atoms with Crippen LogP contribution in [0.3, 0.4) is 0 Å². The van der Waals surface area contributed by atoms with Crippen LogP contribution in [-0.2, 0) is 13.0 Å². The highest BCUT2D eigenvalue weighted by molar-refractivity contribution is 5.27. The summed E-state index contributed by atoms with van der Waals surface area (Å²) in [6.45, 7) is 6.22. The summed E-state index contributed by atoms with van der Waals surface area (Å²) in [7, 11) is 0. The maximum Gasteiger partial charge on any atom is 0.0662 e. The minimum Gasteiger partial charge on any atom is -0.310 e. The second-order valence-electron chi connectivity index (χ2n) is 5.70. The highest BCUT2D eigenvalue weighted by Crippen LogP contribution is 2.29. The van der Waals surface area contributed by atoms with E-state index in [0.29, 0.717) is 6.04 Å². The van der Waals surface area contributed by atoms with E-state index in [1.54, 1.807) is 0 Å². The summed E-state index contributed by atoms with van der Waals surface area (Å²) in [5, 5.41) is 8.21. The summed E-state index contributed by atoms with van der Waals surface area (Å²) in [5.41, 5.74) is 5.48. The second kappa shape index (κ2) is 5.80. The molecule has 3 rings (SSSR count). The van der Waals surface area contributed by atoms with E-state index in [0.717, 1.165) is 19.5 Å². The van der Waals surface area contributed by atoms with Gasteiger partial charge in [-0.1, -0.05) is 36.8 Å². The van der Waals surface area contributed by atoms with E-state index in [2.05, 4.69) is 59.4 Å². The van der Waals surface area contributed by atoms with Crippen LogP contribution >= 0.6 is 0 Å². The van der Waals surface area contributed by atoms with Gasteiger partial charge in [0.2, 0.25) is 0 Å². The Hall–Kier alpha value is -1.61. The number of hydrogen-bond acceptors (Lipinski definition) is 2. The third-order valence-electron chi connectivity index (χ3n) is 4.13. The standard InChI is InChI=1S/C17H23N3/c1-3-18-16-8-5-9-17-15(16)11-19-20(17)12-14-7-4-6-13(2)10-14/h4,6-7,10-11,16,18H,3,5,8-9,12H2,1-2H3. The third-order valence-corrected chi connectivity index (χ3v) is 4.13. The Morgan fingerprint density at radius 2 is 2.30 bits per heavy atom. The molecule has 1 aliphatic rings. The molecule has 3 heteroatoms. The Kier molecular flexibility index (Phi) is 3.88. The van der Waals surface area contributed by atoms with Gasteiger partial charge in [-0.25, -0.2) is 0 Å². The molecule has 0 amide bonds. The van der Waals surface area contributed by atoms with Crippen molar-refractivity contribution in [3.05, 3.63) is 52.8 Å². The number of nitrogens with zero attached hydrogens (tertiary/aromatic N) is 2. The average molecular weight is 269 g/mol. The Morgan fingerprint density at radius 3 is 3.10 bits per heavy atom. The van der Waals surface area contributed by atoms with Crippen molar-refractivity contribution in [2.24, 2.45) is 0 Å². The number of hydrogen-bond donors (Lipinski definition) is 1. The van der Waals surface area contributed by atoms with Crippen molar-refractivity contribution in [1.82, 2.24) is 15.1 Å². The Balaban J connectivity index is 1.85. The SMILES string of the molecule is CCNC1CCCc2c1cnn2Cc1cccc(C)c1. The molecular weight excluding hydrogens is 246 g/mol. The van der Waals surface area contributed by atoms with Gasteiger partial charge < -0.3 is 5.32 Å². The van der Waals surface area contributed by atoms with Crippen LogP contribution < -0.4 is 5.32 Å². The van der Waals surface area contributed by atoms with Gasteiger partial charge in [0.25, 0.3) is 0 Å². The molecule has 0 spiro atoms. The van der Waals surface area contributed by atoms with Crippen molar-refractivity contribution in [1.29, 1.82) is 0 Å². The largest absolute Gasteiger partial charge is 0.310 e. The normalized spacial score (nSPS) is 18.0. The van der Waals surface area contributed by atoms with Gasteiger partial charge in [-0.15, -0.1) is 0 Å². The molecule has 1 aromatic heterocycles. The second-order valence-corrected chi connectivity index (χ2v) is 5.70. The number of nitrogens with one attached hydrogen (secondary N) is 1. The fraction of sp³-hybridized carbons (Fsp3) is 0.471. The minimum atomic E-state index is 0.495. The molecule has 106 valence electrons. The highest BCUT2D eigenvalue weighted by Gasteiger charge is 2.23. The van der Waals surface area contributed by atoms with E-state index in [-0.39, 0.29) is 0 Å². The summed E-state index contributed by atoms with van der Waals surface area (Å²) in [6.07, 6.45) is 5.71. The lowest BCUT2D eigenvalue weighted by Gasteiger charge is -2.23. The summed E-state index contributed by atoms with van der Waals surface area (Å²) < 4.78 is 2.19. The van der Waals surface area contributed by atoms with Crippen molar-refractivity contribution in [3.8, 4) is 0 Å². The molecule has 0 saturated carbocycles. The number of rotatable bonds is 4. The van der Waals surface area contributed by atoms with Crippen LogP contribution in [0.4, 0.5) is 0 Å². The fourth-order valence-corrected chi connectivity index (χ4v) is 3.20. The number of fused-ring (bicyclic) bond motifs is 1. The lowest BCUT2D eigenvalue weighted by molar-refractivity contribution is 0.460. The predicted octanol–water partition coefficient (Wildman–Crippen LogP) is 3.23. The van der Waals surface area contributed by atoms with Crippen molar-refractivity contribution < 1.29 is 0 Å². The van der Waals surface area contributed by atoms with Crippen molar-refractivity contribution in [2.75, 3.05) is 6.54 Å². The van der Waals surface area contributed by atoms with E-state index in [4.69, 9.17) is 0 Å². The molecule has 20 heavy (non-hydrogen) atoms. The van der Waals surface area contributed by atoms with Gasteiger partial charge in [0.05, 0.1) is 12.7 Å². The Morgan fingerprint density at radius 1 is 1.40 bits per heavy atom. The first-order valence-electron chi connectivity index (χ1n) is 7.61. The quantitative estimate of drug-likeness (QED) is 0.923. The van der Waals surface area contributed by atoms with Crippen LogP contribution in [0.1, 0.15) is 48.2 Å². The van der Waals surface area contributed by atoms with Crippen LogP contribution in [0.2, 0.25) is 0 Å². The number of aromatic nitrogens is 2. The zero-order valence-corrected chi connectivity index (χ0v) is 12.4. The van der Waals surface area contributed by atoms with E-state index in [9.17, 15) is 0 Å². The summed E-state index contributed by atoms with van der Waals surface area (Å²) in [5.74, 6) is 0. The molecule has 0 fully saturated rings. The summed E-state index contributed by atoms with van der Waals surface area (Å²) in [6, 6.07) is 9.20. The Bertz CT molecular complexity index is 586. The molecule has 0 aliphatic heterocycles. The molecule has 1 atom stereocenters. The topological polar surface area (TPSA) is 29.9 Å². The van der Waals surface area contributed by atoms with Gasteiger partial charge in [-0.05, 0) is 38.3 Å². The van der Waals surface area contributed by atoms with Crippen molar-refractivity contribution >= 4 is 0 Å². The molecule has 3 nitrogen and oxygen atoms in total. The van der Waals surface area contributed by atoms with Gasteiger partial charge in [0.1, 0.15) is 0 Å². The van der Waals surface area contributed by atoms with Gasteiger partial charge >= 0.3 is 0 Å². The molecule has 1 N–H and O–H groups in total. The maximum absolute atomic E-state index is 4.63. The van der Waals surface area contributed by atoms with Gasteiger partial charge in [0, 0.05) is 17.3 Å². The zero-order chi connectivity index (χ0) is 13.9. The smallest absolute Gasteiger partial charge is 0.0662 e. The molecule has 1 unspecified atom stereocenters. The summed E-state index contributed by atoms with van der Waals surface area (Å²) >= 11 is 0. The monoisotopic (exact) mass is 269 g/mol. The number of aryl methyl sites for hydroxylation is 1. The molecule has 0 saturated heterocycles. The predicted molar refractivity (Wildman–Crippen MR) is 81.9 cm³/mol. The van der Waals surface area contributed by atoms with Gasteiger partial charge in [-0.2, -0.15) is 5.10 Å². The molecule has 1 aliphatic carbocycles. The first-order valence-corrected chi connectivity index (χ1v) is 7.61. The van der Waals surface area contributed by atoms with Crippen LogP contribution in [0, 0.1) is 6.92 Å². The highest BCUT2D eigenvalue weighted by atomic mass is 15.3. The van der Waals surface area contributed by atoms with Crippen LogP contribution in [0.5, 0.6) is 0 Å². The van der Waals surface area contributed by atoms with E-state index < -0.39 is 0 Å². The van der Waals surface area contributed by atoms with Crippen molar-refractivity contribution in [2.45, 2.75) is 45.7 Å². The van der Waals surface area contributed by atoms with E-state index in [1.165, 1.54) is 35.2 Å². The lowest BCUT2D eigenvalue weighted by atomic mass is 9.93. The van der Waals surface area contributed by atoms with E-state index in [1.807, 2.05) is 0 Å². The first kappa shape index (κ1) is 13.4. The van der Waals surface area contributed by atoms with Crippen molar-refractivity contribution in [3.63, 3.8) is 0 Å². The molecule has 0 radical (unpaired) electrons. The molecule has 1 heterocycles. The average Bonchev–Trinajstić information content (AvgIpc) is 2.84. The first-order chi connectivity index (χ1) is 9.78. The fourth-order valence-electron chi connectivity index (χ4n) is 3.20. The third kappa shape index (κ3) is 2.63. The van der Waals surface area contributed by atoms with Crippen LogP contribution in [0.15, 0.2) is 30.5 Å². The minimum absolute atomic E-state index is 0.495. The molecule has 1 aromatic carbocycles. The van der Waals surface area contributed by atoms with Gasteiger partial charge in [0.15, 0.2) is 0 Å². The molecular formula is C17H23N3. The number of benzene rings is 1. The lowest BCUT2D eigenvalue weighted by Crippen LogP contribution is -2.25. The van der Waals surface area contributed by atoms with Crippen LogP contribution in [0.25, 0.3) is 0 Å². The summed E-state index contributed by atoms with van der Waals surface area (Å²) in [4.78, 5) is 0. The van der Waals surface area contributed by atoms with Gasteiger partial charge in [-0.3, -0.25) is 4.68 Å². The molecule has 0 bridgehead atoms. The zero-order valence-electron chi connectivity index (χ0n) is 12.4. The Labute approximate surface area is 121 Å².